The van der Waals surface area contributed by atoms with Crippen molar-refractivity contribution in [3.63, 3.8) is 0 Å². The van der Waals surface area contributed by atoms with Gasteiger partial charge in [-0.3, -0.25) is 14.4 Å². The zero-order valence-electron chi connectivity index (χ0n) is 14.7. The van der Waals surface area contributed by atoms with E-state index in [0.29, 0.717) is 0 Å². The number of nitrogens with one attached hydrogen (secondary N) is 1. The number of halogens is 2. The summed E-state index contributed by atoms with van der Waals surface area (Å²) in [6.07, 6.45) is 5.42. The first kappa shape index (κ1) is 16.9. The standard InChI is InChI=1S/C18H26F2N4O/c1-23-14(4-7-21-23)11-24-8-6-17(12-24)5-2-3-15(17)16(25)22-13-9-18(19,20)10-13/h4,7,13,15H,2-3,5-6,8-12H2,1H3,(H,22,25)/t15-,17+/m0/s1. The lowest BCUT2D eigenvalue weighted by Gasteiger charge is -2.38. The Kier molecular flexibility index (Phi) is 4.09. The average molecular weight is 352 g/mol. The van der Waals surface area contributed by atoms with Gasteiger partial charge >= 0.3 is 0 Å². The van der Waals surface area contributed by atoms with E-state index in [0.717, 1.165) is 45.3 Å². The number of amides is 1. The van der Waals surface area contributed by atoms with Crippen molar-refractivity contribution < 1.29 is 13.6 Å². The number of aryl methyl sites for hydroxylation is 1. The summed E-state index contributed by atoms with van der Waals surface area (Å²) >= 11 is 0. The molecule has 3 aliphatic rings. The fourth-order valence-electron chi connectivity index (χ4n) is 5.01. The van der Waals surface area contributed by atoms with Crippen LogP contribution in [0, 0.1) is 11.3 Å². The minimum Gasteiger partial charge on any atom is -0.353 e. The lowest BCUT2D eigenvalue weighted by molar-refractivity contribution is -0.135. The maximum Gasteiger partial charge on any atom is 0.252 e. The molecule has 2 saturated carbocycles. The summed E-state index contributed by atoms with van der Waals surface area (Å²) in [4.78, 5) is 15.1. The quantitative estimate of drug-likeness (QED) is 0.905. The Bertz CT molecular complexity index is 653. The summed E-state index contributed by atoms with van der Waals surface area (Å²) < 4.78 is 27.9. The van der Waals surface area contributed by atoms with Crippen molar-refractivity contribution in [3.8, 4) is 0 Å². The van der Waals surface area contributed by atoms with Gasteiger partial charge in [0.25, 0.3) is 5.92 Å². The number of likely N-dealkylation sites (tertiary alicyclic amines) is 1. The molecule has 1 N–H and O–H groups in total. The van der Waals surface area contributed by atoms with Crippen LogP contribution in [-0.4, -0.2) is 45.6 Å². The highest BCUT2D eigenvalue weighted by molar-refractivity contribution is 5.80. The molecule has 7 heteroatoms. The number of alkyl halides is 2. The summed E-state index contributed by atoms with van der Waals surface area (Å²) in [6, 6.07) is 1.69. The predicted octanol–water partition coefficient (Wildman–Crippen LogP) is 2.33. The molecule has 2 aliphatic carbocycles. The summed E-state index contributed by atoms with van der Waals surface area (Å²) in [5, 5.41) is 7.10. The Hall–Kier alpha value is -1.50. The van der Waals surface area contributed by atoms with Gasteiger partial charge in [-0.25, -0.2) is 8.78 Å². The van der Waals surface area contributed by atoms with Crippen molar-refractivity contribution in [2.24, 2.45) is 18.4 Å². The van der Waals surface area contributed by atoms with Crippen LogP contribution < -0.4 is 5.32 Å². The van der Waals surface area contributed by atoms with Crippen molar-refractivity contribution in [1.82, 2.24) is 20.0 Å². The monoisotopic (exact) mass is 352 g/mol. The zero-order valence-corrected chi connectivity index (χ0v) is 14.7. The highest BCUT2D eigenvalue weighted by Crippen LogP contribution is 2.50. The van der Waals surface area contributed by atoms with Crippen LogP contribution in [0.1, 0.15) is 44.2 Å². The topological polar surface area (TPSA) is 50.2 Å². The first-order valence-corrected chi connectivity index (χ1v) is 9.24. The second kappa shape index (κ2) is 6.04. The molecule has 2 atom stereocenters. The third-order valence-electron chi connectivity index (χ3n) is 6.43. The van der Waals surface area contributed by atoms with E-state index < -0.39 is 5.92 Å². The first-order valence-electron chi connectivity index (χ1n) is 9.24. The van der Waals surface area contributed by atoms with Gasteiger partial charge < -0.3 is 5.32 Å². The van der Waals surface area contributed by atoms with Crippen molar-refractivity contribution in [2.75, 3.05) is 13.1 Å². The van der Waals surface area contributed by atoms with Crippen molar-refractivity contribution in [3.05, 3.63) is 18.0 Å². The lowest BCUT2D eigenvalue weighted by atomic mass is 9.76. The number of rotatable bonds is 4. The van der Waals surface area contributed by atoms with E-state index in [9.17, 15) is 13.6 Å². The van der Waals surface area contributed by atoms with E-state index in [-0.39, 0.29) is 36.1 Å². The van der Waals surface area contributed by atoms with Crippen molar-refractivity contribution in [1.29, 1.82) is 0 Å². The van der Waals surface area contributed by atoms with Crippen LogP contribution in [0.5, 0.6) is 0 Å². The van der Waals surface area contributed by atoms with Gasteiger partial charge in [-0.15, -0.1) is 0 Å². The van der Waals surface area contributed by atoms with Crippen LogP contribution in [-0.2, 0) is 18.4 Å². The maximum atomic E-state index is 13.0. The Balaban J connectivity index is 1.37. The van der Waals surface area contributed by atoms with Gasteiger partial charge in [0.2, 0.25) is 5.91 Å². The van der Waals surface area contributed by atoms with E-state index in [1.807, 2.05) is 17.8 Å². The summed E-state index contributed by atoms with van der Waals surface area (Å²) in [5.74, 6) is -2.61. The normalized spacial score (nSPS) is 32.2. The van der Waals surface area contributed by atoms with Gasteiger partial charge in [0, 0.05) is 51.1 Å². The lowest BCUT2D eigenvalue weighted by Crippen LogP contribution is -2.53. The van der Waals surface area contributed by atoms with Crippen LogP contribution in [0.2, 0.25) is 0 Å². The van der Waals surface area contributed by atoms with E-state index in [2.05, 4.69) is 15.3 Å². The highest BCUT2D eigenvalue weighted by atomic mass is 19.3. The predicted molar refractivity (Wildman–Crippen MR) is 89.0 cm³/mol. The van der Waals surface area contributed by atoms with Crippen LogP contribution >= 0.6 is 0 Å². The molecule has 0 unspecified atom stereocenters. The van der Waals surface area contributed by atoms with Crippen molar-refractivity contribution in [2.45, 2.75) is 57.0 Å². The molecular formula is C18H26F2N4O. The largest absolute Gasteiger partial charge is 0.353 e. The first-order chi connectivity index (χ1) is 11.9. The second-order valence-corrected chi connectivity index (χ2v) is 8.18. The number of nitrogens with zero attached hydrogens (tertiary/aromatic N) is 3. The number of aromatic nitrogens is 2. The van der Waals surface area contributed by atoms with E-state index >= 15 is 0 Å². The van der Waals surface area contributed by atoms with E-state index in [1.54, 1.807) is 6.20 Å². The fourth-order valence-corrected chi connectivity index (χ4v) is 5.01. The van der Waals surface area contributed by atoms with Gasteiger partial charge in [-0.1, -0.05) is 6.42 Å². The smallest absolute Gasteiger partial charge is 0.252 e. The molecule has 0 radical (unpaired) electrons. The number of carbonyl (C=O) groups excluding carboxylic acids is 1. The minimum atomic E-state index is -2.58. The molecule has 4 rings (SSSR count). The van der Waals surface area contributed by atoms with Crippen LogP contribution in [0.25, 0.3) is 0 Å². The third-order valence-corrected chi connectivity index (χ3v) is 6.43. The number of hydrogen-bond donors (Lipinski definition) is 1. The molecule has 0 bridgehead atoms. The molecule has 1 amide bonds. The highest BCUT2D eigenvalue weighted by Gasteiger charge is 2.52. The van der Waals surface area contributed by atoms with E-state index in [4.69, 9.17) is 0 Å². The second-order valence-electron chi connectivity index (χ2n) is 8.18. The average Bonchev–Trinajstić information content (AvgIpc) is 3.21. The van der Waals surface area contributed by atoms with Crippen LogP contribution in [0.4, 0.5) is 8.78 Å². The SMILES string of the molecule is Cn1nccc1CN1CC[C@]2(CCC[C@H]2C(=O)NC2CC(F)(F)C2)C1. The molecule has 138 valence electrons. The molecule has 25 heavy (non-hydrogen) atoms. The molecule has 5 nitrogen and oxygen atoms in total. The third kappa shape index (κ3) is 3.18. The molecule has 1 aliphatic heterocycles. The Morgan fingerprint density at radius 3 is 2.88 bits per heavy atom. The van der Waals surface area contributed by atoms with Crippen LogP contribution in [0.15, 0.2) is 12.3 Å². The van der Waals surface area contributed by atoms with Crippen LogP contribution in [0.3, 0.4) is 0 Å². The molecule has 1 aromatic rings. The fraction of sp³-hybridized carbons (Fsp3) is 0.778. The summed E-state index contributed by atoms with van der Waals surface area (Å²) in [6.45, 7) is 2.75. The zero-order chi connectivity index (χ0) is 17.7. The summed E-state index contributed by atoms with van der Waals surface area (Å²) in [7, 11) is 1.95. The van der Waals surface area contributed by atoms with Gasteiger partial charge in [0.05, 0.1) is 5.69 Å². The Labute approximate surface area is 146 Å². The maximum absolute atomic E-state index is 13.0. The van der Waals surface area contributed by atoms with Crippen molar-refractivity contribution >= 4 is 5.91 Å². The molecule has 2 heterocycles. The number of carbonyl (C=O) groups is 1. The Morgan fingerprint density at radius 1 is 1.40 bits per heavy atom. The van der Waals surface area contributed by atoms with Gasteiger partial charge in [-0.2, -0.15) is 5.10 Å². The molecule has 3 fully saturated rings. The Morgan fingerprint density at radius 2 is 2.20 bits per heavy atom. The van der Waals surface area contributed by atoms with Gasteiger partial charge in [0.15, 0.2) is 0 Å². The van der Waals surface area contributed by atoms with Gasteiger partial charge in [0.1, 0.15) is 0 Å². The summed E-state index contributed by atoms with van der Waals surface area (Å²) in [5.41, 5.74) is 1.20. The number of hydrogen-bond acceptors (Lipinski definition) is 3. The molecule has 0 aromatic carbocycles. The molecule has 1 spiro atoms. The molecule has 1 aromatic heterocycles. The minimum absolute atomic E-state index is 0.000355. The van der Waals surface area contributed by atoms with E-state index in [1.165, 1.54) is 5.69 Å². The molecule has 1 saturated heterocycles. The molecular weight excluding hydrogens is 326 g/mol. The van der Waals surface area contributed by atoms with Gasteiger partial charge in [-0.05, 0) is 37.3 Å².